The van der Waals surface area contributed by atoms with Crippen LogP contribution in [0.1, 0.15) is 16.7 Å². The largest absolute Gasteiger partial charge is 0.454 e. The number of nitrogens with zero attached hydrogens (tertiary/aromatic N) is 2. The zero-order valence-corrected chi connectivity index (χ0v) is 24.2. The first-order chi connectivity index (χ1) is 20.9. The van der Waals surface area contributed by atoms with E-state index in [1.165, 1.54) is 11.1 Å². The highest BCUT2D eigenvalue weighted by Crippen LogP contribution is 2.42. The first kappa shape index (κ1) is 26.4. The lowest BCUT2D eigenvalue weighted by molar-refractivity contribution is -0.661. The van der Waals surface area contributed by atoms with Gasteiger partial charge in [-0.05, 0) is 59.4 Å². The molecule has 0 fully saturated rings. The first-order valence-corrected chi connectivity index (χ1v) is 14.2. The van der Waals surface area contributed by atoms with Crippen molar-refractivity contribution in [2.24, 2.45) is 7.05 Å². The Balaban J connectivity index is 1.35. The van der Waals surface area contributed by atoms with Gasteiger partial charge in [-0.2, -0.15) is 5.26 Å². The second-order valence-corrected chi connectivity index (χ2v) is 11.0. The van der Waals surface area contributed by atoms with E-state index in [1.807, 2.05) is 73.1 Å². The van der Waals surface area contributed by atoms with Crippen molar-refractivity contribution in [2.45, 2.75) is 13.8 Å². The lowest BCUT2D eigenvalue weighted by atomic mass is 9.94. The summed E-state index contributed by atoms with van der Waals surface area (Å²) in [6.07, 6.45) is 1.79. The molecule has 43 heavy (non-hydrogen) atoms. The van der Waals surface area contributed by atoms with Crippen LogP contribution >= 0.6 is 0 Å². The highest BCUT2D eigenvalue weighted by Gasteiger charge is 2.24. The predicted octanol–water partition coefficient (Wildman–Crippen LogP) is 9.71. The van der Waals surface area contributed by atoms with Gasteiger partial charge in [0.1, 0.15) is 24.0 Å². The SMILES string of the molecule is Cc1c[n+](C)c(-c2c(C)ccc3c2oc2c(-c4ccc(-c5ccc(-c6ccccc6)cc5)cc4)c(C#N)ccc23)cc1F. The molecule has 0 aliphatic carbocycles. The number of furan rings is 1. The fraction of sp³-hybridized carbons (Fsp3) is 0.0769. The number of pyridine rings is 1. The van der Waals surface area contributed by atoms with E-state index in [0.29, 0.717) is 22.3 Å². The van der Waals surface area contributed by atoms with E-state index in [0.717, 1.165) is 49.8 Å². The molecule has 0 aliphatic rings. The summed E-state index contributed by atoms with van der Waals surface area (Å²) in [5.41, 5.74) is 11.2. The summed E-state index contributed by atoms with van der Waals surface area (Å²) in [6.45, 7) is 3.76. The van der Waals surface area contributed by atoms with Gasteiger partial charge in [-0.3, -0.25) is 0 Å². The molecular formula is C39H28FN2O+. The summed E-state index contributed by atoms with van der Waals surface area (Å²) < 4.78 is 23.3. The number of nitriles is 1. The van der Waals surface area contributed by atoms with Crippen molar-refractivity contribution in [3.05, 3.63) is 138 Å². The van der Waals surface area contributed by atoms with Crippen LogP contribution in [0.2, 0.25) is 0 Å². The molecule has 3 nitrogen and oxygen atoms in total. The van der Waals surface area contributed by atoms with Gasteiger partial charge in [-0.1, -0.05) is 91.0 Å². The van der Waals surface area contributed by atoms with Crippen molar-refractivity contribution >= 4 is 21.9 Å². The molecule has 4 heteroatoms. The Labute approximate surface area is 249 Å². The van der Waals surface area contributed by atoms with Crippen LogP contribution < -0.4 is 4.57 Å². The molecule has 0 aliphatic heterocycles. The second kappa shape index (κ2) is 10.4. The normalized spacial score (nSPS) is 11.2. The summed E-state index contributed by atoms with van der Waals surface area (Å²) in [4.78, 5) is 0. The molecule has 2 heterocycles. The maximum Gasteiger partial charge on any atom is 0.219 e. The van der Waals surface area contributed by atoms with Gasteiger partial charge < -0.3 is 4.42 Å². The van der Waals surface area contributed by atoms with E-state index in [1.54, 1.807) is 19.2 Å². The molecule has 0 bridgehead atoms. The zero-order valence-electron chi connectivity index (χ0n) is 24.2. The van der Waals surface area contributed by atoms with E-state index in [9.17, 15) is 9.65 Å². The van der Waals surface area contributed by atoms with Crippen molar-refractivity contribution in [1.29, 1.82) is 5.26 Å². The first-order valence-electron chi connectivity index (χ1n) is 14.2. The summed E-state index contributed by atoms with van der Waals surface area (Å²) in [5, 5.41) is 11.9. The zero-order chi connectivity index (χ0) is 29.7. The van der Waals surface area contributed by atoms with Crippen molar-refractivity contribution < 1.29 is 13.4 Å². The van der Waals surface area contributed by atoms with E-state index >= 15 is 0 Å². The van der Waals surface area contributed by atoms with Gasteiger partial charge in [0.15, 0.2) is 6.20 Å². The summed E-state index contributed by atoms with van der Waals surface area (Å²) in [7, 11) is 1.92. The number of benzene rings is 5. The monoisotopic (exact) mass is 559 g/mol. The molecule has 2 aromatic heterocycles. The average molecular weight is 560 g/mol. The van der Waals surface area contributed by atoms with Crippen LogP contribution in [0.25, 0.3) is 66.6 Å². The van der Waals surface area contributed by atoms with Gasteiger partial charge in [-0.15, -0.1) is 0 Å². The molecule has 0 amide bonds. The van der Waals surface area contributed by atoms with Crippen molar-refractivity contribution in [2.75, 3.05) is 0 Å². The van der Waals surface area contributed by atoms with Crippen molar-refractivity contribution in [3.8, 4) is 50.7 Å². The minimum Gasteiger partial charge on any atom is -0.454 e. The van der Waals surface area contributed by atoms with E-state index in [2.05, 4.69) is 54.6 Å². The van der Waals surface area contributed by atoms with Crippen LogP contribution in [0.4, 0.5) is 4.39 Å². The molecule has 5 aromatic carbocycles. The third-order valence-corrected chi connectivity index (χ3v) is 8.30. The van der Waals surface area contributed by atoms with Crippen LogP contribution in [-0.4, -0.2) is 0 Å². The summed E-state index contributed by atoms with van der Waals surface area (Å²) in [5.74, 6) is -0.261. The van der Waals surface area contributed by atoms with Gasteiger partial charge in [0.05, 0.1) is 17.2 Å². The third kappa shape index (κ3) is 4.47. The Bertz CT molecular complexity index is 2200. The Morgan fingerprint density at radius 3 is 1.77 bits per heavy atom. The Hall–Kier alpha value is -5.53. The highest BCUT2D eigenvalue weighted by molar-refractivity contribution is 6.14. The van der Waals surface area contributed by atoms with E-state index in [-0.39, 0.29) is 5.82 Å². The number of halogens is 1. The molecule has 0 N–H and O–H groups in total. The number of hydrogen-bond donors (Lipinski definition) is 0. The van der Waals surface area contributed by atoms with Crippen LogP contribution in [-0.2, 0) is 7.05 Å². The third-order valence-electron chi connectivity index (χ3n) is 8.30. The van der Waals surface area contributed by atoms with Crippen LogP contribution in [0.5, 0.6) is 0 Å². The highest BCUT2D eigenvalue weighted by atomic mass is 19.1. The predicted molar refractivity (Wildman–Crippen MR) is 171 cm³/mol. The van der Waals surface area contributed by atoms with Crippen LogP contribution in [0.3, 0.4) is 0 Å². The molecule has 0 saturated carbocycles. The van der Waals surface area contributed by atoms with Crippen LogP contribution in [0, 0.1) is 31.0 Å². The quantitative estimate of drug-likeness (QED) is 0.201. The topological polar surface area (TPSA) is 40.8 Å². The number of hydrogen-bond acceptors (Lipinski definition) is 2. The number of aryl methyl sites for hydroxylation is 3. The molecule has 7 aromatic rings. The van der Waals surface area contributed by atoms with E-state index < -0.39 is 0 Å². The van der Waals surface area contributed by atoms with Gasteiger partial charge >= 0.3 is 0 Å². The molecular weight excluding hydrogens is 531 g/mol. The molecule has 0 unspecified atom stereocenters. The van der Waals surface area contributed by atoms with Gasteiger partial charge in [0.25, 0.3) is 0 Å². The van der Waals surface area contributed by atoms with Crippen LogP contribution in [0.15, 0.2) is 120 Å². The summed E-state index contributed by atoms with van der Waals surface area (Å²) >= 11 is 0. The minimum atomic E-state index is -0.261. The van der Waals surface area contributed by atoms with Gasteiger partial charge in [-0.25, -0.2) is 8.96 Å². The molecule has 7 rings (SSSR count). The van der Waals surface area contributed by atoms with Crippen molar-refractivity contribution in [1.82, 2.24) is 0 Å². The maximum atomic E-state index is 14.7. The Kier molecular flexibility index (Phi) is 6.37. The number of aromatic nitrogens is 1. The van der Waals surface area contributed by atoms with Crippen molar-refractivity contribution in [3.63, 3.8) is 0 Å². The van der Waals surface area contributed by atoms with Gasteiger partial charge in [0.2, 0.25) is 5.69 Å². The number of fused-ring (bicyclic) bond motifs is 3. The smallest absolute Gasteiger partial charge is 0.219 e. The Morgan fingerprint density at radius 2 is 1.16 bits per heavy atom. The number of rotatable bonds is 4. The minimum absolute atomic E-state index is 0.261. The average Bonchev–Trinajstić information content (AvgIpc) is 3.42. The lowest BCUT2D eigenvalue weighted by Gasteiger charge is -2.08. The fourth-order valence-corrected chi connectivity index (χ4v) is 6.02. The Morgan fingerprint density at radius 1 is 0.628 bits per heavy atom. The van der Waals surface area contributed by atoms with Gasteiger partial charge in [0, 0.05) is 28.0 Å². The lowest BCUT2D eigenvalue weighted by Crippen LogP contribution is -2.31. The molecule has 0 atom stereocenters. The maximum absolute atomic E-state index is 14.7. The fourth-order valence-electron chi connectivity index (χ4n) is 6.02. The molecule has 0 radical (unpaired) electrons. The summed E-state index contributed by atoms with van der Waals surface area (Å²) in [6, 6.07) is 39.0. The standard InChI is InChI=1S/C39H28FN2O/c1-24-9-19-32-33-20-18-31(22-41)37(39(33)43-38(32)36(24)35-21-34(40)25(2)23-42(35)3)30-16-14-29(15-17-30)28-12-10-27(11-13-28)26-7-5-4-6-8-26/h4-21,23H,1-3H3/q+1. The molecule has 0 saturated heterocycles. The second-order valence-electron chi connectivity index (χ2n) is 11.0. The molecule has 0 spiro atoms. The molecule has 206 valence electrons. The van der Waals surface area contributed by atoms with E-state index in [4.69, 9.17) is 4.42 Å².